The number of rotatable bonds is 5. The Labute approximate surface area is 104 Å². The summed E-state index contributed by atoms with van der Waals surface area (Å²) in [5.41, 5.74) is 5.62. The molecule has 0 saturated carbocycles. The van der Waals surface area contributed by atoms with Crippen LogP contribution in [0.1, 0.15) is 19.8 Å². The minimum atomic E-state index is 0.0433. The molecular weight excluding hydrogens is 277 g/mol. The van der Waals surface area contributed by atoms with Crippen LogP contribution in [0, 0.1) is 0 Å². The fourth-order valence-corrected chi connectivity index (χ4v) is 1.80. The predicted octanol–water partition coefficient (Wildman–Crippen LogP) is 3.61. The molecule has 0 saturated heterocycles. The lowest BCUT2D eigenvalue weighted by molar-refractivity contribution is 0.198. The molecule has 1 unspecified atom stereocenters. The summed E-state index contributed by atoms with van der Waals surface area (Å²) in [4.78, 5) is 0. The first-order valence-electron chi connectivity index (χ1n) is 4.99. The fourth-order valence-electron chi connectivity index (χ4n) is 1.29. The third-order valence-corrected chi connectivity index (χ3v) is 2.87. The lowest BCUT2D eigenvalue weighted by Gasteiger charge is -2.17. The third kappa shape index (κ3) is 4.01. The number of nitrogens with two attached hydrogens (primary N) is 1. The van der Waals surface area contributed by atoms with Crippen molar-refractivity contribution in [3.8, 4) is 5.75 Å². The van der Waals surface area contributed by atoms with E-state index in [0.29, 0.717) is 17.3 Å². The summed E-state index contributed by atoms with van der Waals surface area (Å²) >= 11 is 9.39. The summed E-state index contributed by atoms with van der Waals surface area (Å²) in [5, 5.41) is 0.618. The van der Waals surface area contributed by atoms with E-state index < -0.39 is 0 Å². The summed E-state index contributed by atoms with van der Waals surface area (Å²) < 4.78 is 6.68. The van der Waals surface area contributed by atoms with Crippen LogP contribution in [0.5, 0.6) is 5.75 Å². The highest BCUT2D eigenvalue weighted by atomic mass is 79.9. The highest BCUT2D eigenvalue weighted by Crippen LogP contribution is 2.29. The number of ether oxygens (including phenoxy) is 1. The van der Waals surface area contributed by atoms with Crippen LogP contribution < -0.4 is 10.5 Å². The molecule has 1 aromatic carbocycles. The lowest BCUT2D eigenvalue weighted by atomic mass is 10.2. The smallest absolute Gasteiger partial charge is 0.139 e. The monoisotopic (exact) mass is 291 g/mol. The molecule has 0 bridgehead atoms. The van der Waals surface area contributed by atoms with Crippen molar-refractivity contribution in [1.29, 1.82) is 0 Å². The molecule has 1 rings (SSSR count). The van der Waals surface area contributed by atoms with Crippen molar-refractivity contribution in [3.05, 3.63) is 27.7 Å². The Morgan fingerprint density at radius 1 is 1.53 bits per heavy atom. The highest BCUT2D eigenvalue weighted by molar-refractivity contribution is 9.10. The van der Waals surface area contributed by atoms with Gasteiger partial charge in [0.25, 0.3) is 0 Å². The van der Waals surface area contributed by atoms with Gasteiger partial charge in [0, 0.05) is 11.0 Å². The van der Waals surface area contributed by atoms with Crippen LogP contribution in [0.2, 0.25) is 5.02 Å². The first kappa shape index (κ1) is 12.8. The van der Waals surface area contributed by atoms with Gasteiger partial charge in [-0.15, -0.1) is 0 Å². The normalized spacial score (nSPS) is 12.5. The fraction of sp³-hybridized carbons (Fsp3) is 0.455. The summed E-state index contributed by atoms with van der Waals surface area (Å²) in [7, 11) is 0. The van der Waals surface area contributed by atoms with Crippen LogP contribution in [-0.4, -0.2) is 12.6 Å². The van der Waals surface area contributed by atoms with Crippen LogP contribution in [0.3, 0.4) is 0 Å². The van der Waals surface area contributed by atoms with Gasteiger partial charge in [0.15, 0.2) is 0 Å². The molecule has 0 aliphatic rings. The first-order valence-corrected chi connectivity index (χ1v) is 6.16. The van der Waals surface area contributed by atoms with Crippen molar-refractivity contribution < 1.29 is 4.74 Å². The van der Waals surface area contributed by atoms with E-state index in [0.717, 1.165) is 17.3 Å². The summed E-state index contributed by atoms with van der Waals surface area (Å²) in [5.74, 6) is 0.690. The lowest BCUT2D eigenvalue weighted by Crippen LogP contribution is -2.26. The van der Waals surface area contributed by atoms with E-state index in [-0.39, 0.29) is 6.10 Å². The van der Waals surface area contributed by atoms with E-state index in [2.05, 4.69) is 22.9 Å². The third-order valence-electron chi connectivity index (χ3n) is 2.06. The van der Waals surface area contributed by atoms with Gasteiger partial charge in [-0.1, -0.05) is 40.9 Å². The second-order valence-corrected chi connectivity index (χ2v) is 4.66. The van der Waals surface area contributed by atoms with Crippen molar-refractivity contribution in [1.82, 2.24) is 0 Å². The standard InChI is InChI=1S/C11H15BrClNO/c1-2-3-9(7-14)15-11-6-8(12)4-5-10(11)13/h4-6,9H,2-3,7,14H2,1H3. The van der Waals surface area contributed by atoms with E-state index in [9.17, 15) is 0 Å². The Hall–Kier alpha value is -0.250. The van der Waals surface area contributed by atoms with Gasteiger partial charge in [0.1, 0.15) is 11.9 Å². The average Bonchev–Trinajstić information content (AvgIpc) is 2.22. The van der Waals surface area contributed by atoms with Crippen molar-refractivity contribution in [2.75, 3.05) is 6.54 Å². The molecule has 1 aromatic rings. The van der Waals surface area contributed by atoms with E-state index >= 15 is 0 Å². The van der Waals surface area contributed by atoms with Gasteiger partial charge in [-0.3, -0.25) is 0 Å². The minimum Gasteiger partial charge on any atom is -0.488 e. The van der Waals surface area contributed by atoms with Gasteiger partial charge < -0.3 is 10.5 Å². The van der Waals surface area contributed by atoms with Crippen LogP contribution in [0.15, 0.2) is 22.7 Å². The Morgan fingerprint density at radius 2 is 2.27 bits per heavy atom. The summed E-state index contributed by atoms with van der Waals surface area (Å²) in [6.45, 7) is 2.62. The molecule has 0 aromatic heterocycles. The number of benzene rings is 1. The van der Waals surface area contributed by atoms with Gasteiger partial charge in [-0.25, -0.2) is 0 Å². The first-order chi connectivity index (χ1) is 7.17. The van der Waals surface area contributed by atoms with Crippen molar-refractivity contribution in [2.24, 2.45) is 5.73 Å². The van der Waals surface area contributed by atoms with Gasteiger partial charge in [0.05, 0.1) is 5.02 Å². The molecule has 0 aliphatic heterocycles. The molecule has 0 fully saturated rings. The van der Waals surface area contributed by atoms with E-state index in [1.54, 1.807) is 6.07 Å². The maximum absolute atomic E-state index is 6.01. The Morgan fingerprint density at radius 3 is 2.87 bits per heavy atom. The topological polar surface area (TPSA) is 35.2 Å². The largest absolute Gasteiger partial charge is 0.488 e. The molecule has 15 heavy (non-hydrogen) atoms. The van der Waals surface area contributed by atoms with Gasteiger partial charge in [0.2, 0.25) is 0 Å². The maximum Gasteiger partial charge on any atom is 0.139 e. The predicted molar refractivity (Wildman–Crippen MR) is 67.5 cm³/mol. The van der Waals surface area contributed by atoms with Crippen LogP contribution in [0.25, 0.3) is 0 Å². The molecule has 4 heteroatoms. The van der Waals surface area contributed by atoms with E-state index in [1.807, 2.05) is 12.1 Å². The van der Waals surface area contributed by atoms with Gasteiger partial charge in [-0.05, 0) is 24.6 Å². The zero-order chi connectivity index (χ0) is 11.3. The SMILES string of the molecule is CCCC(CN)Oc1cc(Br)ccc1Cl. The Bertz CT molecular complexity index is 319. The summed E-state index contributed by atoms with van der Waals surface area (Å²) in [6.07, 6.45) is 2.04. The zero-order valence-corrected chi connectivity index (χ0v) is 11.0. The van der Waals surface area contributed by atoms with E-state index in [4.69, 9.17) is 22.1 Å². The molecule has 0 heterocycles. The summed E-state index contributed by atoms with van der Waals surface area (Å²) in [6, 6.07) is 5.55. The van der Waals surface area contributed by atoms with E-state index in [1.165, 1.54) is 0 Å². The molecule has 84 valence electrons. The quantitative estimate of drug-likeness (QED) is 0.900. The molecule has 0 amide bonds. The van der Waals surface area contributed by atoms with Crippen molar-refractivity contribution in [3.63, 3.8) is 0 Å². The maximum atomic E-state index is 6.01. The molecule has 0 radical (unpaired) electrons. The number of hydrogen-bond donors (Lipinski definition) is 1. The van der Waals surface area contributed by atoms with Crippen LogP contribution in [-0.2, 0) is 0 Å². The van der Waals surface area contributed by atoms with Crippen LogP contribution in [0.4, 0.5) is 0 Å². The number of hydrogen-bond acceptors (Lipinski definition) is 2. The average molecular weight is 293 g/mol. The second kappa shape index (κ2) is 6.36. The van der Waals surface area contributed by atoms with Crippen LogP contribution >= 0.6 is 27.5 Å². The van der Waals surface area contributed by atoms with Gasteiger partial charge in [-0.2, -0.15) is 0 Å². The molecule has 0 aliphatic carbocycles. The molecule has 0 spiro atoms. The zero-order valence-electron chi connectivity index (χ0n) is 8.67. The van der Waals surface area contributed by atoms with Crippen molar-refractivity contribution in [2.45, 2.75) is 25.9 Å². The highest BCUT2D eigenvalue weighted by Gasteiger charge is 2.10. The minimum absolute atomic E-state index is 0.0433. The molecule has 2 N–H and O–H groups in total. The Balaban J connectivity index is 2.73. The second-order valence-electron chi connectivity index (χ2n) is 3.34. The molecule has 2 nitrogen and oxygen atoms in total. The van der Waals surface area contributed by atoms with Crippen molar-refractivity contribution >= 4 is 27.5 Å². The molecule has 1 atom stereocenters. The Kier molecular flexibility index (Phi) is 5.43. The van der Waals surface area contributed by atoms with Gasteiger partial charge >= 0.3 is 0 Å². The number of halogens is 2. The molecular formula is C11H15BrClNO.